The number of hydrazone groups is 1. The molecule has 1 N–H and O–H groups in total. The maximum absolute atomic E-state index is 12.1. The molecule has 114 valence electrons. The van der Waals surface area contributed by atoms with Gasteiger partial charge in [0, 0.05) is 10.0 Å². The molecular weight excluding hydrogens is 343 g/mol. The summed E-state index contributed by atoms with van der Waals surface area (Å²) in [4.78, 5) is 12.1. The Labute approximate surface area is 143 Å². The van der Waals surface area contributed by atoms with E-state index in [-0.39, 0.29) is 10.9 Å². The smallest absolute Gasteiger partial charge is 0.267 e. The number of rotatable bonds is 4. The first-order valence-corrected chi connectivity index (χ1v) is 7.72. The van der Waals surface area contributed by atoms with E-state index in [1.54, 1.807) is 24.3 Å². The number of amides is 1. The van der Waals surface area contributed by atoms with Crippen LogP contribution < -0.4 is 5.43 Å². The molecule has 0 bridgehead atoms. The van der Waals surface area contributed by atoms with Crippen LogP contribution in [0.5, 0.6) is 0 Å². The topological polar surface area (TPSA) is 41.5 Å². The van der Waals surface area contributed by atoms with E-state index < -0.39 is 0 Å². The van der Waals surface area contributed by atoms with E-state index in [1.807, 2.05) is 19.1 Å². The number of halogens is 3. The van der Waals surface area contributed by atoms with Crippen molar-refractivity contribution in [2.75, 3.05) is 0 Å². The van der Waals surface area contributed by atoms with Crippen LogP contribution in [0.25, 0.3) is 0 Å². The summed E-state index contributed by atoms with van der Waals surface area (Å²) in [5, 5.41) is 5.57. The Kier molecular flexibility index (Phi) is 5.83. The van der Waals surface area contributed by atoms with Crippen LogP contribution >= 0.6 is 34.8 Å². The van der Waals surface area contributed by atoms with E-state index in [1.165, 1.54) is 6.07 Å². The van der Waals surface area contributed by atoms with Crippen molar-refractivity contribution >= 4 is 46.4 Å². The van der Waals surface area contributed by atoms with Crippen molar-refractivity contribution in [1.29, 1.82) is 0 Å². The van der Waals surface area contributed by atoms with E-state index >= 15 is 0 Å². The van der Waals surface area contributed by atoms with Gasteiger partial charge >= 0.3 is 0 Å². The maximum atomic E-state index is 12.1. The molecule has 1 amide bonds. The van der Waals surface area contributed by atoms with Crippen LogP contribution in [0.15, 0.2) is 47.6 Å². The van der Waals surface area contributed by atoms with Crippen molar-refractivity contribution in [2.45, 2.75) is 13.3 Å². The third-order valence-corrected chi connectivity index (χ3v) is 3.78. The molecule has 0 heterocycles. The van der Waals surface area contributed by atoms with Crippen LogP contribution in [0.2, 0.25) is 15.1 Å². The highest BCUT2D eigenvalue weighted by atomic mass is 35.5. The summed E-state index contributed by atoms with van der Waals surface area (Å²) in [6.07, 6.45) is 0.663. The van der Waals surface area contributed by atoms with Gasteiger partial charge in [-0.05, 0) is 42.3 Å². The molecule has 0 spiro atoms. The fourth-order valence-electron chi connectivity index (χ4n) is 1.84. The average molecular weight is 356 g/mol. The zero-order valence-electron chi connectivity index (χ0n) is 11.7. The molecule has 22 heavy (non-hydrogen) atoms. The summed E-state index contributed by atoms with van der Waals surface area (Å²) in [5.74, 6) is -0.387. The van der Waals surface area contributed by atoms with Crippen molar-refractivity contribution in [3.8, 4) is 0 Å². The maximum Gasteiger partial charge on any atom is 0.272 e. The lowest BCUT2D eigenvalue weighted by molar-refractivity contribution is 0.0955. The lowest BCUT2D eigenvalue weighted by Crippen LogP contribution is -2.20. The largest absolute Gasteiger partial charge is 0.272 e. The predicted molar refractivity (Wildman–Crippen MR) is 92.2 cm³/mol. The third kappa shape index (κ3) is 4.23. The molecule has 0 aliphatic carbocycles. The Hall–Kier alpha value is -1.55. The minimum Gasteiger partial charge on any atom is -0.267 e. The molecule has 2 aromatic rings. The highest BCUT2D eigenvalue weighted by Gasteiger charge is 2.10. The number of benzene rings is 2. The molecular formula is C16H13Cl3N2O. The second-order valence-electron chi connectivity index (χ2n) is 4.48. The number of nitrogens with one attached hydrogen (secondary N) is 1. The molecule has 0 aliphatic rings. The molecule has 0 atom stereocenters. The first-order valence-electron chi connectivity index (χ1n) is 6.59. The van der Waals surface area contributed by atoms with Crippen LogP contribution in [-0.2, 0) is 0 Å². The van der Waals surface area contributed by atoms with Gasteiger partial charge in [0.2, 0.25) is 0 Å². The van der Waals surface area contributed by atoms with Gasteiger partial charge in [-0.1, -0.05) is 53.9 Å². The van der Waals surface area contributed by atoms with Gasteiger partial charge in [0.1, 0.15) is 0 Å². The zero-order chi connectivity index (χ0) is 16.1. The second-order valence-corrected chi connectivity index (χ2v) is 5.76. The molecule has 6 heteroatoms. The molecule has 0 radical (unpaired) electrons. The molecule has 0 saturated carbocycles. The van der Waals surface area contributed by atoms with E-state index in [4.69, 9.17) is 34.8 Å². The zero-order valence-corrected chi connectivity index (χ0v) is 14.0. The Morgan fingerprint density at radius 1 is 1.05 bits per heavy atom. The summed E-state index contributed by atoms with van der Waals surface area (Å²) < 4.78 is 0. The normalized spacial score (nSPS) is 11.4. The van der Waals surface area contributed by atoms with Crippen LogP contribution in [-0.4, -0.2) is 11.6 Å². The summed E-state index contributed by atoms with van der Waals surface area (Å²) in [6, 6.07) is 11.9. The molecule has 0 saturated heterocycles. The highest BCUT2D eigenvalue weighted by molar-refractivity contribution is 6.36. The van der Waals surface area contributed by atoms with Gasteiger partial charge in [-0.25, -0.2) is 5.43 Å². The number of carbonyl (C=O) groups is 1. The molecule has 0 fully saturated rings. The first kappa shape index (κ1) is 16.8. The van der Waals surface area contributed by atoms with Crippen molar-refractivity contribution in [1.82, 2.24) is 5.43 Å². The number of hydrogen-bond donors (Lipinski definition) is 1. The molecule has 0 unspecified atom stereocenters. The lowest BCUT2D eigenvalue weighted by atomic mass is 10.1. The van der Waals surface area contributed by atoms with E-state index in [2.05, 4.69) is 10.5 Å². The minimum atomic E-state index is -0.387. The monoisotopic (exact) mass is 354 g/mol. The van der Waals surface area contributed by atoms with Crippen molar-refractivity contribution in [2.24, 2.45) is 5.10 Å². The molecule has 0 aliphatic heterocycles. The first-order chi connectivity index (χ1) is 10.5. The molecule has 0 aromatic heterocycles. The quantitative estimate of drug-likeness (QED) is 0.595. The van der Waals surface area contributed by atoms with Crippen molar-refractivity contribution in [3.63, 3.8) is 0 Å². The number of hydrogen-bond acceptors (Lipinski definition) is 2. The summed E-state index contributed by atoms with van der Waals surface area (Å²) in [6.45, 7) is 1.95. The van der Waals surface area contributed by atoms with Gasteiger partial charge in [0.05, 0.1) is 16.3 Å². The van der Waals surface area contributed by atoms with Crippen molar-refractivity contribution in [3.05, 3.63) is 68.7 Å². The van der Waals surface area contributed by atoms with E-state index in [0.717, 1.165) is 11.3 Å². The minimum absolute atomic E-state index is 0.282. The number of carbonyl (C=O) groups excluding carboxylic acids is 1. The Morgan fingerprint density at radius 3 is 2.27 bits per heavy atom. The van der Waals surface area contributed by atoms with Crippen LogP contribution in [0.4, 0.5) is 0 Å². The van der Waals surface area contributed by atoms with Gasteiger partial charge in [0.15, 0.2) is 0 Å². The predicted octanol–water partition coefficient (Wildman–Crippen LogP) is 5.19. The molecule has 2 aromatic carbocycles. The Balaban J connectivity index is 2.17. The second kappa shape index (κ2) is 7.63. The molecule has 3 nitrogen and oxygen atoms in total. The average Bonchev–Trinajstić information content (AvgIpc) is 2.49. The lowest BCUT2D eigenvalue weighted by Gasteiger charge is -2.07. The SMILES string of the molecule is CCC(=NNC(=O)c1ccc(Cl)cc1Cl)c1ccc(Cl)cc1. The van der Waals surface area contributed by atoms with Crippen LogP contribution in [0, 0.1) is 0 Å². The van der Waals surface area contributed by atoms with Crippen molar-refractivity contribution < 1.29 is 4.79 Å². The van der Waals surface area contributed by atoms with E-state index in [9.17, 15) is 4.79 Å². The van der Waals surface area contributed by atoms with Gasteiger partial charge < -0.3 is 0 Å². The van der Waals surface area contributed by atoms with Gasteiger partial charge in [-0.3, -0.25) is 4.79 Å². The number of nitrogens with zero attached hydrogens (tertiary/aromatic N) is 1. The van der Waals surface area contributed by atoms with Gasteiger partial charge in [-0.15, -0.1) is 0 Å². The van der Waals surface area contributed by atoms with E-state index in [0.29, 0.717) is 22.0 Å². The fraction of sp³-hybridized carbons (Fsp3) is 0.125. The van der Waals surface area contributed by atoms with Gasteiger partial charge in [0.25, 0.3) is 5.91 Å². The Morgan fingerprint density at radius 2 is 1.68 bits per heavy atom. The highest BCUT2D eigenvalue weighted by Crippen LogP contribution is 2.20. The third-order valence-electron chi connectivity index (χ3n) is 2.98. The summed E-state index contributed by atoms with van der Waals surface area (Å²) in [5.41, 5.74) is 4.48. The van der Waals surface area contributed by atoms with Gasteiger partial charge in [-0.2, -0.15) is 5.10 Å². The standard InChI is InChI=1S/C16H13Cl3N2O/c1-2-15(10-3-5-11(17)6-4-10)20-21-16(22)13-8-7-12(18)9-14(13)19/h3-9H,2H2,1H3,(H,21,22). The van der Waals surface area contributed by atoms with Crippen LogP contribution in [0.3, 0.4) is 0 Å². The molecule has 2 rings (SSSR count). The Bertz CT molecular complexity index is 712. The van der Waals surface area contributed by atoms with Crippen LogP contribution in [0.1, 0.15) is 29.3 Å². The summed E-state index contributed by atoms with van der Waals surface area (Å²) >= 11 is 17.7. The fourth-order valence-corrected chi connectivity index (χ4v) is 2.46. The summed E-state index contributed by atoms with van der Waals surface area (Å²) in [7, 11) is 0.